The van der Waals surface area contributed by atoms with Gasteiger partial charge in [-0.2, -0.15) is 0 Å². The van der Waals surface area contributed by atoms with Crippen molar-refractivity contribution < 1.29 is 64.6 Å². The third kappa shape index (κ3) is 43.1. The Kier molecular flexibility index (Phi) is 56.4. The fourth-order valence-electron chi connectivity index (χ4n) is 13.2. The largest absolute Gasteiger partial charge is 0.394 e. The summed E-state index contributed by atoms with van der Waals surface area (Å²) in [7, 11) is 0. The van der Waals surface area contributed by atoms with E-state index in [0.717, 1.165) is 51.4 Å². The molecule has 12 atom stereocenters. The third-order valence-corrected chi connectivity index (χ3v) is 19.3. The minimum Gasteiger partial charge on any atom is -0.394 e. The Morgan fingerprint density at radius 1 is 0.364 bits per heavy atom. The first-order valence-corrected chi connectivity index (χ1v) is 38.3. The highest BCUT2D eigenvalue weighted by atomic mass is 16.7. The molecule has 9 N–H and O–H groups in total. The van der Waals surface area contributed by atoms with Crippen LogP contribution in [0.5, 0.6) is 0 Å². The predicted octanol–water partition coefficient (Wildman–Crippen LogP) is 16.4. The van der Waals surface area contributed by atoms with Crippen molar-refractivity contribution in [3.8, 4) is 0 Å². The highest BCUT2D eigenvalue weighted by Crippen LogP contribution is 2.30. The lowest BCUT2D eigenvalue weighted by Crippen LogP contribution is -2.65. The van der Waals surface area contributed by atoms with E-state index >= 15 is 0 Å². The number of unbranched alkanes of at least 4 members (excludes halogenated alkanes) is 52. The molecule has 0 radical (unpaired) electrons. The summed E-state index contributed by atoms with van der Waals surface area (Å²) in [4.78, 5) is 13.4. The lowest BCUT2D eigenvalue weighted by molar-refractivity contribution is -0.359. The van der Waals surface area contributed by atoms with Gasteiger partial charge in [0.25, 0.3) is 0 Å². The average Bonchev–Trinajstić information content (AvgIpc) is 2.07. The van der Waals surface area contributed by atoms with Crippen molar-refractivity contribution in [2.24, 2.45) is 0 Å². The summed E-state index contributed by atoms with van der Waals surface area (Å²) in [5.41, 5.74) is 0. The maximum atomic E-state index is 13.4. The second-order valence-electron chi connectivity index (χ2n) is 27.5. The molecule has 2 fully saturated rings. The van der Waals surface area contributed by atoms with Gasteiger partial charge in [0.05, 0.1) is 32.0 Å². The van der Waals surface area contributed by atoms with Gasteiger partial charge >= 0.3 is 0 Å². The molecule has 0 aliphatic carbocycles. The first kappa shape index (κ1) is 83.1. The zero-order valence-corrected chi connectivity index (χ0v) is 57.3. The number of carbonyl (C=O) groups is 1. The number of ether oxygens (including phenoxy) is 4. The highest BCUT2D eigenvalue weighted by molar-refractivity contribution is 5.76. The fraction of sp³-hybridized carbons (Fsp3) is 0.986. The number of rotatable bonds is 65. The number of amides is 1. The van der Waals surface area contributed by atoms with Crippen molar-refractivity contribution >= 4 is 5.91 Å². The van der Waals surface area contributed by atoms with Crippen LogP contribution in [0.1, 0.15) is 373 Å². The molecule has 2 rings (SSSR count). The van der Waals surface area contributed by atoms with Crippen LogP contribution in [0, 0.1) is 0 Å². The Morgan fingerprint density at radius 2 is 0.648 bits per heavy atom. The monoisotopic (exact) mass is 1260 g/mol. The number of aliphatic hydroxyl groups is 8. The maximum absolute atomic E-state index is 13.4. The molecule has 0 aromatic heterocycles. The summed E-state index contributed by atoms with van der Waals surface area (Å²) in [5.74, 6) is -0.196. The molecule has 0 spiro atoms. The summed E-state index contributed by atoms with van der Waals surface area (Å²) >= 11 is 0. The van der Waals surface area contributed by atoms with E-state index < -0.39 is 86.8 Å². The lowest BCUT2D eigenvalue weighted by Gasteiger charge is -2.46. The Hall–Kier alpha value is -1.01. The van der Waals surface area contributed by atoms with Crippen molar-refractivity contribution in [3.63, 3.8) is 0 Å². The Bertz CT molecular complexity index is 1480. The molecule has 0 aromatic rings. The van der Waals surface area contributed by atoms with Crippen LogP contribution in [-0.2, 0) is 23.7 Å². The number of carbonyl (C=O) groups excluding carboxylic acids is 1. The van der Waals surface area contributed by atoms with E-state index in [9.17, 15) is 45.6 Å². The molecule has 0 saturated carbocycles. The van der Waals surface area contributed by atoms with E-state index in [-0.39, 0.29) is 12.5 Å². The molecule has 14 nitrogen and oxygen atoms in total. The minimum atomic E-state index is -1.78. The van der Waals surface area contributed by atoms with Crippen LogP contribution < -0.4 is 5.32 Å². The van der Waals surface area contributed by atoms with Crippen LogP contribution in [0.25, 0.3) is 0 Å². The molecule has 12 unspecified atom stereocenters. The van der Waals surface area contributed by atoms with Crippen LogP contribution >= 0.6 is 0 Å². The zero-order chi connectivity index (χ0) is 63.8. The van der Waals surface area contributed by atoms with Gasteiger partial charge < -0.3 is 65.1 Å². The van der Waals surface area contributed by atoms with E-state index in [1.807, 2.05) is 0 Å². The van der Waals surface area contributed by atoms with Crippen LogP contribution in [0.15, 0.2) is 0 Å². The van der Waals surface area contributed by atoms with Crippen molar-refractivity contribution in [2.45, 2.75) is 447 Å². The normalized spacial score (nSPS) is 23.0. The van der Waals surface area contributed by atoms with Crippen molar-refractivity contribution in [3.05, 3.63) is 0 Å². The second kappa shape index (κ2) is 59.7. The molecule has 2 aliphatic rings. The van der Waals surface area contributed by atoms with E-state index in [1.165, 1.54) is 295 Å². The van der Waals surface area contributed by atoms with E-state index in [0.29, 0.717) is 12.8 Å². The summed E-state index contributed by atoms with van der Waals surface area (Å²) < 4.78 is 23.0. The first-order chi connectivity index (χ1) is 43.1. The van der Waals surface area contributed by atoms with Crippen molar-refractivity contribution in [2.75, 3.05) is 19.8 Å². The zero-order valence-electron chi connectivity index (χ0n) is 57.3. The van der Waals surface area contributed by atoms with Gasteiger partial charge in [-0.3, -0.25) is 4.79 Å². The van der Waals surface area contributed by atoms with Crippen molar-refractivity contribution in [1.82, 2.24) is 5.32 Å². The SMILES string of the molecule is CCCCCCCCCCCCCCCCCCCCCCCCCCCCCCCCCCCC(=O)NC(COC1OC(CO)C(OC2OC(CO)C(O)C(O)C2O)C(O)C1O)C(O)CCCCCCCCCCCCCCCCCCCCCCC. The lowest BCUT2D eigenvalue weighted by atomic mass is 9.97. The topological polar surface area (TPSA) is 228 Å². The molecule has 0 aromatic carbocycles. The summed E-state index contributed by atoms with van der Waals surface area (Å²) in [5, 5.41) is 87.7. The molecular formula is C74H145NO13. The molecule has 1 amide bonds. The van der Waals surface area contributed by atoms with Gasteiger partial charge in [0.2, 0.25) is 5.91 Å². The number of hydrogen-bond acceptors (Lipinski definition) is 13. The number of hydrogen-bond donors (Lipinski definition) is 9. The number of nitrogens with one attached hydrogen (secondary N) is 1. The Labute approximate surface area is 540 Å². The van der Waals surface area contributed by atoms with Gasteiger partial charge in [0, 0.05) is 6.42 Å². The Balaban J connectivity index is 1.60. The summed E-state index contributed by atoms with van der Waals surface area (Å²) in [6, 6.07) is -0.825. The van der Waals surface area contributed by atoms with Gasteiger partial charge in [0.15, 0.2) is 12.6 Å². The van der Waals surface area contributed by atoms with Crippen LogP contribution in [-0.4, -0.2) is 140 Å². The van der Waals surface area contributed by atoms with Gasteiger partial charge in [-0.1, -0.05) is 354 Å². The molecule has 0 bridgehead atoms. The van der Waals surface area contributed by atoms with Gasteiger partial charge in [-0.25, -0.2) is 0 Å². The quantitative estimate of drug-likeness (QED) is 0.0259. The standard InChI is InChI=1S/C74H145NO13/c1-3-5-7-9-11-13-15-17-19-21-23-25-26-27-28-29-30-31-32-33-34-35-36-38-40-42-44-46-48-50-52-54-56-58-66(79)75-62(63(78)57-55-53-51-49-47-45-43-41-39-37-24-22-20-18-16-14-12-10-8-6-4-2)61-85-73-71(84)69(82)72(65(60-77)87-73)88-74-70(83)68(81)67(80)64(59-76)86-74/h62-65,67-74,76-78,80-84H,3-61H2,1-2H3,(H,75,79). The smallest absolute Gasteiger partial charge is 0.220 e. The number of aliphatic hydroxyl groups excluding tert-OH is 8. The van der Waals surface area contributed by atoms with Crippen LogP contribution in [0.3, 0.4) is 0 Å². The van der Waals surface area contributed by atoms with E-state index in [2.05, 4.69) is 19.2 Å². The van der Waals surface area contributed by atoms with Gasteiger partial charge in [-0.05, 0) is 12.8 Å². The van der Waals surface area contributed by atoms with Gasteiger partial charge in [0.1, 0.15) is 48.8 Å². The molecule has 2 saturated heterocycles. The highest BCUT2D eigenvalue weighted by Gasteiger charge is 2.51. The molecule has 14 heteroatoms. The Morgan fingerprint density at radius 3 is 0.966 bits per heavy atom. The first-order valence-electron chi connectivity index (χ1n) is 38.3. The summed E-state index contributed by atoms with van der Waals surface area (Å²) in [6.07, 6.45) is 55.7. The third-order valence-electron chi connectivity index (χ3n) is 19.3. The molecule has 2 heterocycles. The van der Waals surface area contributed by atoms with Gasteiger partial charge in [-0.15, -0.1) is 0 Å². The molecule has 88 heavy (non-hydrogen) atoms. The fourth-order valence-corrected chi connectivity index (χ4v) is 13.2. The molecule has 524 valence electrons. The predicted molar refractivity (Wildman–Crippen MR) is 360 cm³/mol. The maximum Gasteiger partial charge on any atom is 0.220 e. The average molecular weight is 1260 g/mol. The minimum absolute atomic E-state index is 0.196. The van der Waals surface area contributed by atoms with Crippen LogP contribution in [0.2, 0.25) is 0 Å². The molecular weight excluding hydrogens is 1110 g/mol. The van der Waals surface area contributed by atoms with Crippen LogP contribution in [0.4, 0.5) is 0 Å². The van der Waals surface area contributed by atoms with Crippen molar-refractivity contribution in [1.29, 1.82) is 0 Å². The van der Waals surface area contributed by atoms with E-state index in [1.54, 1.807) is 0 Å². The van der Waals surface area contributed by atoms with E-state index in [4.69, 9.17) is 18.9 Å². The second-order valence-corrected chi connectivity index (χ2v) is 27.5. The summed E-state index contributed by atoms with van der Waals surface area (Å²) in [6.45, 7) is 2.94. The molecule has 2 aliphatic heterocycles.